The van der Waals surface area contributed by atoms with E-state index in [0.29, 0.717) is 17.1 Å². The molecule has 4 heterocycles. The van der Waals surface area contributed by atoms with Crippen LogP contribution in [-0.4, -0.2) is 32.4 Å². The number of halogens is 1. The minimum absolute atomic E-state index is 0. The van der Waals surface area contributed by atoms with Crippen molar-refractivity contribution < 1.29 is 30.2 Å². The maximum Gasteiger partial charge on any atom is 2.00 e. The van der Waals surface area contributed by atoms with Gasteiger partial charge >= 0.3 is 21.1 Å². The average Bonchev–Trinajstić information content (AvgIpc) is 3.37. The number of ether oxygens (including phenoxy) is 1. The third-order valence-corrected chi connectivity index (χ3v) is 4.34. The van der Waals surface area contributed by atoms with Gasteiger partial charge in [0.05, 0.1) is 7.11 Å². The van der Waals surface area contributed by atoms with Gasteiger partial charge in [-0.05, 0) is 36.4 Å². The first-order valence-electron chi connectivity index (χ1n) is 9.60. The van der Waals surface area contributed by atoms with Crippen molar-refractivity contribution in [2.45, 2.75) is 0 Å². The van der Waals surface area contributed by atoms with Gasteiger partial charge < -0.3 is 14.9 Å². The summed E-state index contributed by atoms with van der Waals surface area (Å²) >= 11 is 0. The van der Waals surface area contributed by atoms with Crippen molar-refractivity contribution in [3.63, 3.8) is 0 Å². The number of benzene rings is 1. The molecule has 33 heavy (non-hydrogen) atoms. The normalized spacial score (nSPS) is 9.88. The Kier molecular flexibility index (Phi) is 8.49. The molecule has 0 saturated carbocycles. The van der Waals surface area contributed by atoms with Crippen molar-refractivity contribution in [2.75, 3.05) is 7.11 Å². The van der Waals surface area contributed by atoms with Crippen LogP contribution in [0.15, 0.2) is 85.3 Å². The van der Waals surface area contributed by atoms with E-state index in [4.69, 9.17) is 4.74 Å². The zero-order valence-corrected chi connectivity index (χ0v) is 19.6. The fourth-order valence-electron chi connectivity index (χ4n) is 2.74. The molecule has 5 aromatic rings. The minimum Gasteiger partial charge on any atom is -0.573 e. The Morgan fingerprint density at radius 3 is 2.36 bits per heavy atom. The van der Waals surface area contributed by atoms with E-state index in [-0.39, 0.29) is 26.9 Å². The average molecular weight is 620 g/mol. The maximum absolute atomic E-state index is 12.6. The summed E-state index contributed by atoms with van der Waals surface area (Å²) in [5.41, 5.74) is 4.81. The fourth-order valence-corrected chi connectivity index (χ4v) is 2.74. The summed E-state index contributed by atoms with van der Waals surface area (Å²) in [6, 6.07) is 21.9. The standard InChI is InChI=1S/C13H9N4.C11H8FN2O.Pt/c1-2-6-15-11(3-1)13-9-12(16-17-13)10-4-7-14-8-5-10;1-15-11-7-6-10(13-14-11)8-2-4-9(12)5-3-8;/h1-9H;2,4-7H,1H3;/q2*-1;+2. The second-order valence-electron chi connectivity index (χ2n) is 6.45. The third kappa shape index (κ3) is 6.37. The second kappa shape index (κ2) is 11.7. The van der Waals surface area contributed by atoms with E-state index in [1.54, 1.807) is 36.8 Å². The third-order valence-electron chi connectivity index (χ3n) is 4.34. The van der Waals surface area contributed by atoms with Crippen molar-refractivity contribution in [3.8, 4) is 39.8 Å². The molecule has 0 unspecified atom stereocenters. The smallest absolute Gasteiger partial charge is 0.573 e. The van der Waals surface area contributed by atoms with E-state index >= 15 is 0 Å². The number of aromatic nitrogens is 6. The SMILES string of the molecule is COc1ccc(-c2[c-]cc(F)cc2)nn1.[Pt+2].c1ccc(-c2cc(-c3ccncc3)n[n-]2)nc1. The zero-order valence-electron chi connectivity index (χ0n) is 17.4. The van der Waals surface area contributed by atoms with Crippen LogP contribution in [0.4, 0.5) is 4.39 Å². The van der Waals surface area contributed by atoms with Crippen LogP contribution in [0.1, 0.15) is 0 Å². The summed E-state index contributed by atoms with van der Waals surface area (Å²) in [7, 11) is 1.52. The quantitative estimate of drug-likeness (QED) is 0.278. The largest absolute Gasteiger partial charge is 2.00 e. The van der Waals surface area contributed by atoms with Crippen LogP contribution in [0.25, 0.3) is 33.9 Å². The molecule has 0 saturated heterocycles. The fraction of sp³-hybridized carbons (Fsp3) is 0.0417. The summed E-state index contributed by atoms with van der Waals surface area (Å²) in [6.45, 7) is 0. The van der Waals surface area contributed by atoms with Crippen LogP contribution in [0.3, 0.4) is 0 Å². The molecular weight excluding hydrogens is 602 g/mol. The molecule has 0 radical (unpaired) electrons. The number of hydrogen-bond donors (Lipinski definition) is 0. The molecule has 0 fully saturated rings. The van der Waals surface area contributed by atoms with Gasteiger partial charge in [0.15, 0.2) is 0 Å². The summed E-state index contributed by atoms with van der Waals surface area (Å²) < 4.78 is 17.5. The van der Waals surface area contributed by atoms with Crippen LogP contribution in [0.2, 0.25) is 0 Å². The first-order chi connectivity index (χ1) is 15.7. The molecule has 0 amide bonds. The Balaban J connectivity index is 0.000000182. The summed E-state index contributed by atoms with van der Waals surface area (Å²) in [5.74, 6) is 0.126. The Morgan fingerprint density at radius 2 is 1.73 bits per heavy atom. The number of pyridine rings is 2. The molecule has 0 aliphatic carbocycles. The van der Waals surface area contributed by atoms with Crippen molar-refractivity contribution in [3.05, 3.63) is 97.2 Å². The van der Waals surface area contributed by atoms with Crippen LogP contribution in [0.5, 0.6) is 5.88 Å². The number of nitrogens with zero attached hydrogens (tertiary/aromatic N) is 6. The maximum atomic E-state index is 12.6. The van der Waals surface area contributed by atoms with Crippen LogP contribution < -0.4 is 9.84 Å². The molecule has 0 atom stereocenters. The predicted molar refractivity (Wildman–Crippen MR) is 117 cm³/mol. The Morgan fingerprint density at radius 1 is 0.879 bits per heavy atom. The van der Waals surface area contributed by atoms with Gasteiger partial charge in [0.1, 0.15) is 0 Å². The predicted octanol–water partition coefficient (Wildman–Crippen LogP) is 4.25. The van der Waals surface area contributed by atoms with Gasteiger partial charge in [-0.3, -0.25) is 14.4 Å². The first kappa shape index (κ1) is 23.9. The molecule has 0 spiro atoms. The Hall–Kier alpha value is -3.77. The van der Waals surface area contributed by atoms with Crippen LogP contribution >= 0.6 is 0 Å². The van der Waals surface area contributed by atoms with Gasteiger partial charge in [-0.2, -0.15) is 5.10 Å². The van der Waals surface area contributed by atoms with Crippen molar-refractivity contribution >= 4 is 0 Å². The monoisotopic (exact) mass is 619 g/mol. The van der Waals surface area contributed by atoms with E-state index in [9.17, 15) is 4.39 Å². The van der Waals surface area contributed by atoms with E-state index in [0.717, 1.165) is 22.6 Å². The van der Waals surface area contributed by atoms with Crippen molar-refractivity contribution in [1.82, 2.24) is 30.4 Å². The molecule has 0 aliphatic rings. The van der Waals surface area contributed by atoms with Gasteiger partial charge in [-0.1, -0.05) is 17.8 Å². The van der Waals surface area contributed by atoms with Gasteiger partial charge in [0, 0.05) is 47.1 Å². The van der Waals surface area contributed by atoms with Gasteiger partial charge in [0.2, 0.25) is 5.88 Å². The van der Waals surface area contributed by atoms with E-state index in [1.807, 2.05) is 36.4 Å². The van der Waals surface area contributed by atoms with Crippen molar-refractivity contribution in [2.24, 2.45) is 0 Å². The molecule has 5 rings (SSSR count). The molecule has 4 aromatic heterocycles. The van der Waals surface area contributed by atoms with E-state index in [2.05, 4.69) is 36.4 Å². The zero-order chi connectivity index (χ0) is 22.2. The number of rotatable bonds is 4. The molecule has 7 nitrogen and oxygen atoms in total. The van der Waals surface area contributed by atoms with Gasteiger partial charge in [0.25, 0.3) is 0 Å². The second-order valence-corrected chi connectivity index (χ2v) is 6.45. The summed E-state index contributed by atoms with van der Waals surface area (Å²) in [5, 5.41) is 16.0. The topological polar surface area (TPSA) is 87.8 Å². The molecule has 166 valence electrons. The number of hydrogen-bond acceptors (Lipinski definition) is 6. The van der Waals surface area contributed by atoms with Gasteiger partial charge in [-0.15, -0.1) is 34.9 Å². The molecule has 9 heteroatoms. The van der Waals surface area contributed by atoms with E-state index < -0.39 is 0 Å². The van der Waals surface area contributed by atoms with Gasteiger partial charge in [-0.25, -0.2) is 0 Å². The molecule has 0 aliphatic heterocycles. The number of methoxy groups -OCH3 is 1. The Bertz CT molecular complexity index is 1200. The molecular formula is C24H17FN6OPt. The molecule has 0 N–H and O–H groups in total. The van der Waals surface area contributed by atoms with Crippen molar-refractivity contribution in [1.29, 1.82) is 0 Å². The summed E-state index contributed by atoms with van der Waals surface area (Å²) in [6.07, 6.45) is 5.23. The van der Waals surface area contributed by atoms with E-state index in [1.165, 1.54) is 19.2 Å². The summed E-state index contributed by atoms with van der Waals surface area (Å²) in [4.78, 5) is 8.22. The van der Waals surface area contributed by atoms with Crippen LogP contribution in [0, 0.1) is 11.9 Å². The van der Waals surface area contributed by atoms with Crippen LogP contribution in [-0.2, 0) is 21.1 Å². The minimum atomic E-state index is -0.319. The molecule has 0 bridgehead atoms. The molecule has 1 aromatic carbocycles. The Labute approximate surface area is 204 Å². The first-order valence-corrected chi connectivity index (χ1v) is 9.60.